The van der Waals surface area contributed by atoms with E-state index in [9.17, 15) is 0 Å². The van der Waals surface area contributed by atoms with E-state index in [0.717, 1.165) is 19.8 Å². The molecule has 0 bridgehead atoms. The number of rotatable bonds is 5. The van der Waals surface area contributed by atoms with Crippen LogP contribution in [0.2, 0.25) is 0 Å². The van der Waals surface area contributed by atoms with Gasteiger partial charge in [0.2, 0.25) is 0 Å². The number of likely N-dealkylation sites (tertiary alicyclic amines) is 1. The maximum absolute atomic E-state index is 5.38. The Kier molecular flexibility index (Phi) is 4.85. The molecule has 0 spiro atoms. The largest absolute Gasteiger partial charge is 0.380 e. The third-order valence-electron chi connectivity index (χ3n) is 2.98. The van der Waals surface area contributed by atoms with Gasteiger partial charge in [-0.2, -0.15) is 0 Å². The Labute approximate surface area is 87.8 Å². The Morgan fingerprint density at radius 2 is 2.29 bits per heavy atom. The molecule has 1 saturated heterocycles. The van der Waals surface area contributed by atoms with E-state index in [1.807, 2.05) is 6.92 Å². The molecule has 0 aromatic rings. The zero-order valence-electron chi connectivity index (χ0n) is 9.92. The second kappa shape index (κ2) is 5.69. The quantitative estimate of drug-likeness (QED) is 0.719. The Balaban J connectivity index is 2.18. The first-order valence-electron chi connectivity index (χ1n) is 5.67. The Hall–Kier alpha value is -0.120. The standard InChI is InChI=1S/C11H24N2O/c1-5-14-8-9(2)12-11-6-10(3)13(4)7-11/h9-12H,5-8H2,1-4H3. The zero-order valence-corrected chi connectivity index (χ0v) is 9.92. The maximum atomic E-state index is 5.38. The van der Waals surface area contributed by atoms with Crippen LogP contribution in [0.5, 0.6) is 0 Å². The highest BCUT2D eigenvalue weighted by atomic mass is 16.5. The van der Waals surface area contributed by atoms with E-state index < -0.39 is 0 Å². The van der Waals surface area contributed by atoms with Gasteiger partial charge in [0.15, 0.2) is 0 Å². The van der Waals surface area contributed by atoms with Gasteiger partial charge in [-0.3, -0.25) is 0 Å². The average molecular weight is 200 g/mol. The van der Waals surface area contributed by atoms with Crippen molar-refractivity contribution < 1.29 is 4.74 Å². The van der Waals surface area contributed by atoms with Gasteiger partial charge in [0.25, 0.3) is 0 Å². The molecule has 1 aliphatic rings. The smallest absolute Gasteiger partial charge is 0.0616 e. The highest BCUT2D eigenvalue weighted by Crippen LogP contribution is 2.15. The Bertz CT molecular complexity index is 153. The van der Waals surface area contributed by atoms with Gasteiger partial charge in [0.1, 0.15) is 0 Å². The molecular formula is C11H24N2O. The van der Waals surface area contributed by atoms with E-state index >= 15 is 0 Å². The van der Waals surface area contributed by atoms with Crippen molar-refractivity contribution in [1.29, 1.82) is 0 Å². The molecule has 1 rings (SSSR count). The SMILES string of the molecule is CCOCC(C)NC1CC(C)N(C)C1. The lowest BCUT2D eigenvalue weighted by Crippen LogP contribution is -2.40. The van der Waals surface area contributed by atoms with Crippen LogP contribution in [0.4, 0.5) is 0 Å². The maximum Gasteiger partial charge on any atom is 0.0616 e. The molecular weight excluding hydrogens is 176 g/mol. The van der Waals surface area contributed by atoms with Crippen molar-refractivity contribution >= 4 is 0 Å². The summed E-state index contributed by atoms with van der Waals surface area (Å²) in [7, 11) is 2.19. The molecule has 14 heavy (non-hydrogen) atoms. The second-order valence-corrected chi connectivity index (χ2v) is 4.45. The van der Waals surface area contributed by atoms with Crippen LogP contribution in [0.3, 0.4) is 0 Å². The first-order chi connectivity index (χ1) is 6.63. The molecule has 0 aliphatic carbocycles. The minimum Gasteiger partial charge on any atom is -0.380 e. The molecule has 0 saturated carbocycles. The van der Waals surface area contributed by atoms with Crippen molar-refractivity contribution in [3.8, 4) is 0 Å². The Morgan fingerprint density at radius 1 is 1.57 bits per heavy atom. The predicted molar refractivity (Wildman–Crippen MR) is 59.6 cm³/mol. The molecule has 1 N–H and O–H groups in total. The minimum absolute atomic E-state index is 0.471. The number of hydrogen-bond acceptors (Lipinski definition) is 3. The lowest BCUT2D eigenvalue weighted by molar-refractivity contribution is 0.123. The van der Waals surface area contributed by atoms with Crippen LogP contribution < -0.4 is 5.32 Å². The number of nitrogens with one attached hydrogen (secondary N) is 1. The number of nitrogens with zero attached hydrogens (tertiary/aromatic N) is 1. The molecule has 0 aromatic carbocycles. The van der Waals surface area contributed by atoms with Gasteiger partial charge in [-0.25, -0.2) is 0 Å². The molecule has 3 unspecified atom stereocenters. The van der Waals surface area contributed by atoms with Crippen molar-refractivity contribution in [2.75, 3.05) is 26.8 Å². The summed E-state index contributed by atoms with van der Waals surface area (Å²) in [4.78, 5) is 2.41. The number of ether oxygens (including phenoxy) is 1. The van der Waals surface area contributed by atoms with Crippen LogP contribution >= 0.6 is 0 Å². The summed E-state index contributed by atoms with van der Waals surface area (Å²) in [5, 5.41) is 3.61. The van der Waals surface area contributed by atoms with Crippen molar-refractivity contribution in [1.82, 2.24) is 10.2 Å². The molecule has 1 heterocycles. The molecule has 3 nitrogen and oxygen atoms in total. The minimum atomic E-state index is 0.471. The first kappa shape index (κ1) is 12.0. The fourth-order valence-electron chi connectivity index (χ4n) is 2.06. The van der Waals surface area contributed by atoms with Crippen molar-refractivity contribution in [3.63, 3.8) is 0 Å². The molecule has 0 amide bonds. The van der Waals surface area contributed by atoms with Gasteiger partial charge in [-0.15, -0.1) is 0 Å². The van der Waals surface area contributed by atoms with E-state index in [1.54, 1.807) is 0 Å². The van der Waals surface area contributed by atoms with E-state index in [4.69, 9.17) is 4.74 Å². The highest BCUT2D eigenvalue weighted by molar-refractivity contribution is 4.86. The summed E-state index contributed by atoms with van der Waals surface area (Å²) in [5.74, 6) is 0. The predicted octanol–water partition coefficient (Wildman–Crippen LogP) is 1.09. The lowest BCUT2D eigenvalue weighted by Gasteiger charge is -2.19. The molecule has 0 aromatic heterocycles. The van der Waals surface area contributed by atoms with E-state index in [0.29, 0.717) is 18.1 Å². The lowest BCUT2D eigenvalue weighted by atomic mass is 10.2. The van der Waals surface area contributed by atoms with E-state index in [-0.39, 0.29) is 0 Å². The molecule has 84 valence electrons. The molecule has 0 radical (unpaired) electrons. The molecule has 3 atom stereocenters. The topological polar surface area (TPSA) is 24.5 Å². The van der Waals surface area contributed by atoms with Gasteiger partial charge >= 0.3 is 0 Å². The van der Waals surface area contributed by atoms with Gasteiger partial charge in [0.05, 0.1) is 6.61 Å². The van der Waals surface area contributed by atoms with Gasteiger partial charge in [-0.05, 0) is 34.2 Å². The van der Waals surface area contributed by atoms with Crippen LogP contribution in [0.1, 0.15) is 27.2 Å². The van der Waals surface area contributed by atoms with Crippen LogP contribution in [0.25, 0.3) is 0 Å². The van der Waals surface area contributed by atoms with Gasteiger partial charge in [0, 0.05) is 31.3 Å². The van der Waals surface area contributed by atoms with Crippen LogP contribution in [-0.2, 0) is 4.74 Å². The van der Waals surface area contributed by atoms with Crippen molar-refractivity contribution in [2.45, 2.75) is 45.3 Å². The molecule has 3 heteroatoms. The molecule has 1 aliphatic heterocycles. The third-order valence-corrected chi connectivity index (χ3v) is 2.98. The summed E-state index contributed by atoms with van der Waals surface area (Å²) in [5.41, 5.74) is 0. The van der Waals surface area contributed by atoms with E-state index in [2.05, 4.69) is 31.1 Å². The number of likely N-dealkylation sites (N-methyl/N-ethyl adjacent to an activating group) is 1. The third kappa shape index (κ3) is 3.56. The summed E-state index contributed by atoms with van der Waals surface area (Å²) in [6.07, 6.45) is 1.26. The monoisotopic (exact) mass is 200 g/mol. The van der Waals surface area contributed by atoms with Gasteiger partial charge in [-0.1, -0.05) is 0 Å². The fraction of sp³-hybridized carbons (Fsp3) is 1.00. The first-order valence-corrected chi connectivity index (χ1v) is 5.67. The summed E-state index contributed by atoms with van der Waals surface area (Å²) < 4.78 is 5.38. The van der Waals surface area contributed by atoms with Crippen LogP contribution in [-0.4, -0.2) is 49.8 Å². The average Bonchev–Trinajstić information content (AvgIpc) is 2.42. The summed E-state index contributed by atoms with van der Waals surface area (Å²) in [6, 6.07) is 1.83. The normalized spacial score (nSPS) is 30.9. The summed E-state index contributed by atoms with van der Waals surface area (Å²) in [6.45, 7) is 9.32. The van der Waals surface area contributed by atoms with Crippen molar-refractivity contribution in [2.24, 2.45) is 0 Å². The molecule has 1 fully saturated rings. The Morgan fingerprint density at radius 3 is 2.79 bits per heavy atom. The number of hydrogen-bond donors (Lipinski definition) is 1. The second-order valence-electron chi connectivity index (χ2n) is 4.45. The van der Waals surface area contributed by atoms with Crippen molar-refractivity contribution in [3.05, 3.63) is 0 Å². The fourth-order valence-corrected chi connectivity index (χ4v) is 2.06. The van der Waals surface area contributed by atoms with E-state index in [1.165, 1.54) is 6.42 Å². The zero-order chi connectivity index (χ0) is 10.6. The summed E-state index contributed by atoms with van der Waals surface area (Å²) >= 11 is 0. The highest BCUT2D eigenvalue weighted by Gasteiger charge is 2.26. The van der Waals surface area contributed by atoms with Crippen LogP contribution in [0.15, 0.2) is 0 Å². The van der Waals surface area contributed by atoms with Crippen LogP contribution in [0, 0.1) is 0 Å². The van der Waals surface area contributed by atoms with Gasteiger partial charge < -0.3 is 15.0 Å².